The molecule has 52 heavy (non-hydrogen) atoms. The average Bonchev–Trinajstić information content (AvgIpc) is 3.41. The van der Waals surface area contributed by atoms with Crippen molar-refractivity contribution in [1.82, 2.24) is 0 Å². The molecule has 296 valence electrons. The molecule has 2 aromatic rings. The van der Waals surface area contributed by atoms with E-state index in [1.54, 1.807) is 21.4 Å². The van der Waals surface area contributed by atoms with Gasteiger partial charge in [0.05, 0.1) is 0 Å². The number of hydrogen-bond acceptors (Lipinski definition) is 0. The van der Waals surface area contributed by atoms with E-state index in [1.165, 1.54) is 127 Å². The van der Waals surface area contributed by atoms with Crippen molar-refractivity contribution in [3.8, 4) is 0 Å². The molecule has 0 aromatic heterocycles. The van der Waals surface area contributed by atoms with Crippen molar-refractivity contribution >= 4 is 11.4 Å². The maximum absolute atomic E-state index is 12.4. The molecule has 1 aliphatic rings. The average molecular weight is 804 g/mol. The van der Waals surface area contributed by atoms with E-state index in [0.717, 1.165) is 86.3 Å². The van der Waals surface area contributed by atoms with Crippen LogP contribution in [-0.2, 0) is 37.2 Å². The van der Waals surface area contributed by atoms with Gasteiger partial charge in [-0.1, -0.05) is 105 Å². The van der Waals surface area contributed by atoms with Gasteiger partial charge in [-0.15, -0.1) is 0 Å². The fraction of sp³-hybridized carbons (Fsp3) is 0.673. The third-order valence-corrected chi connectivity index (χ3v) is 12.6. The van der Waals surface area contributed by atoms with Gasteiger partial charge in [-0.25, -0.2) is 4.70 Å². The van der Waals surface area contributed by atoms with Crippen LogP contribution in [0.3, 0.4) is 0 Å². The molecule has 0 saturated carbocycles. The SMILES string of the molecule is CCCCCCc1cc(C2=C(CCCC)C(CCCC)=C(c3cc(C)c(C)c(C)c3)[N+]2=[N-])cc(CCCCCC)c1CCCCCC.C[CH2][Pd][CH2]C. The van der Waals surface area contributed by atoms with Gasteiger partial charge in [0.1, 0.15) is 0 Å². The van der Waals surface area contributed by atoms with E-state index in [4.69, 9.17) is 0 Å². The summed E-state index contributed by atoms with van der Waals surface area (Å²) in [6.07, 6.45) is 25.6. The van der Waals surface area contributed by atoms with Crippen LogP contribution in [0, 0.1) is 20.8 Å². The minimum atomic E-state index is 1.01. The quantitative estimate of drug-likeness (QED) is 0.0543. The van der Waals surface area contributed by atoms with Crippen molar-refractivity contribution in [2.75, 3.05) is 0 Å². The van der Waals surface area contributed by atoms with E-state index in [-0.39, 0.29) is 0 Å². The van der Waals surface area contributed by atoms with E-state index in [0.29, 0.717) is 0 Å². The molecule has 0 spiro atoms. The van der Waals surface area contributed by atoms with Gasteiger partial charge in [0.2, 0.25) is 11.4 Å². The Hall–Kier alpha value is -1.82. The summed E-state index contributed by atoms with van der Waals surface area (Å²) in [5, 5.41) is 0. The molecular formula is C49H80N2Pd. The molecule has 2 aromatic carbocycles. The Bertz CT molecular complexity index is 1350. The predicted molar refractivity (Wildman–Crippen MR) is 228 cm³/mol. The van der Waals surface area contributed by atoms with Crippen molar-refractivity contribution in [2.45, 2.75) is 214 Å². The normalized spacial score (nSPS) is 13.1. The van der Waals surface area contributed by atoms with Gasteiger partial charge in [0, 0.05) is 22.3 Å². The Balaban J connectivity index is 0.00000175. The number of unbranched alkanes of at least 4 members (excludes halogenated alkanes) is 11. The summed E-state index contributed by atoms with van der Waals surface area (Å²) in [5.41, 5.74) is 28.4. The van der Waals surface area contributed by atoms with Crippen molar-refractivity contribution in [1.29, 1.82) is 0 Å². The first-order valence-electron chi connectivity index (χ1n) is 21.9. The van der Waals surface area contributed by atoms with Gasteiger partial charge in [0.25, 0.3) is 0 Å². The molecule has 0 radical (unpaired) electrons. The monoisotopic (exact) mass is 803 g/mol. The second kappa shape index (κ2) is 26.9. The third-order valence-electron chi connectivity index (χ3n) is 11.0. The first-order valence-corrected chi connectivity index (χ1v) is 24.1. The predicted octanol–water partition coefficient (Wildman–Crippen LogP) is 16.5. The summed E-state index contributed by atoms with van der Waals surface area (Å²) in [4.78, 5) is 2.79. The topological polar surface area (TPSA) is 25.3 Å². The molecule has 0 fully saturated rings. The Morgan fingerprint density at radius 2 is 0.846 bits per heavy atom. The van der Waals surface area contributed by atoms with Gasteiger partial charge in [-0.2, -0.15) is 0 Å². The maximum atomic E-state index is 12.4. The fourth-order valence-corrected chi connectivity index (χ4v) is 8.51. The van der Waals surface area contributed by atoms with Gasteiger partial charge < -0.3 is 5.53 Å². The molecular weight excluding hydrogens is 723 g/mol. The van der Waals surface area contributed by atoms with Crippen LogP contribution in [0.5, 0.6) is 0 Å². The summed E-state index contributed by atoms with van der Waals surface area (Å²) >= 11 is 1.04. The molecule has 0 unspecified atom stereocenters. The summed E-state index contributed by atoms with van der Waals surface area (Å²) in [6, 6.07) is 9.66. The van der Waals surface area contributed by atoms with Gasteiger partial charge in [-0.05, 0) is 143 Å². The Labute approximate surface area is 331 Å². The summed E-state index contributed by atoms with van der Waals surface area (Å²) in [7, 11) is 0. The van der Waals surface area contributed by atoms with Gasteiger partial charge in [0.15, 0.2) is 0 Å². The van der Waals surface area contributed by atoms with Crippen molar-refractivity contribution < 1.29 is 22.7 Å². The zero-order valence-electron chi connectivity index (χ0n) is 35.8. The number of allylic oxidation sites excluding steroid dienone is 2. The molecule has 3 rings (SSSR count). The number of aryl methyl sites for hydroxylation is 4. The molecule has 0 atom stereocenters. The standard InChI is InChI=1S/C45H70N2.2C2H5.Pd/c1-9-14-19-22-25-37-32-40(33-38(26-23-20-15-10-2)41(37)29-24-21-16-11-3)45-43(28-18-13-5)42(27-17-12-4)44(47(45)46)39-30-34(6)36(8)35(7)31-39;2*1-2;/h30-33H,9-29H2,1-8H3;2*1H2,2H3;. The molecule has 1 heterocycles. The second-order valence-corrected chi connectivity index (χ2v) is 18.2. The Morgan fingerprint density at radius 1 is 0.462 bits per heavy atom. The van der Waals surface area contributed by atoms with E-state index in [1.807, 2.05) is 0 Å². The number of rotatable bonds is 25. The van der Waals surface area contributed by atoms with Crippen LogP contribution in [-0.4, -0.2) is 4.70 Å². The van der Waals surface area contributed by atoms with Crippen LogP contribution in [0.1, 0.15) is 209 Å². The Kier molecular flexibility index (Phi) is 23.9. The molecule has 2 nitrogen and oxygen atoms in total. The zero-order valence-corrected chi connectivity index (χ0v) is 37.3. The first-order chi connectivity index (χ1) is 25.2. The second-order valence-electron chi connectivity index (χ2n) is 15.2. The molecule has 3 heteroatoms. The van der Waals surface area contributed by atoms with Crippen LogP contribution < -0.4 is 0 Å². The molecule has 0 aliphatic carbocycles. The summed E-state index contributed by atoms with van der Waals surface area (Å²) < 4.78 is 1.64. The number of hydrogen-bond donors (Lipinski definition) is 0. The number of nitrogens with zero attached hydrogens (tertiary/aromatic N) is 2. The zero-order chi connectivity index (χ0) is 38.3. The van der Waals surface area contributed by atoms with E-state index in [2.05, 4.69) is 93.5 Å². The fourth-order valence-electron chi connectivity index (χ4n) is 7.74. The van der Waals surface area contributed by atoms with Crippen molar-refractivity contribution in [3.05, 3.63) is 85.5 Å². The van der Waals surface area contributed by atoms with E-state index < -0.39 is 0 Å². The van der Waals surface area contributed by atoms with Crippen LogP contribution in [0.25, 0.3) is 16.9 Å². The minimum absolute atomic E-state index is 1.01. The molecule has 0 amide bonds. The summed E-state index contributed by atoms with van der Waals surface area (Å²) in [6.45, 7) is 22.6. The molecule has 1 aliphatic heterocycles. The molecule has 0 N–H and O–H groups in total. The van der Waals surface area contributed by atoms with Crippen LogP contribution in [0.15, 0.2) is 35.4 Å². The van der Waals surface area contributed by atoms with Crippen LogP contribution in [0.2, 0.25) is 9.79 Å². The van der Waals surface area contributed by atoms with Gasteiger partial charge in [-0.3, -0.25) is 0 Å². The first kappa shape index (κ1) is 46.3. The molecule has 0 bridgehead atoms. The van der Waals surface area contributed by atoms with Crippen molar-refractivity contribution in [2.24, 2.45) is 0 Å². The third kappa shape index (κ3) is 14.4. The number of benzene rings is 2. The van der Waals surface area contributed by atoms with E-state index >= 15 is 0 Å². The van der Waals surface area contributed by atoms with Gasteiger partial charge >= 0.3 is 41.6 Å². The Morgan fingerprint density at radius 3 is 1.21 bits per heavy atom. The van der Waals surface area contributed by atoms with Crippen molar-refractivity contribution in [3.63, 3.8) is 0 Å². The molecule has 0 saturated heterocycles. The van der Waals surface area contributed by atoms with E-state index in [9.17, 15) is 5.53 Å². The van der Waals surface area contributed by atoms with Crippen LogP contribution in [0.4, 0.5) is 0 Å². The van der Waals surface area contributed by atoms with Crippen LogP contribution >= 0.6 is 0 Å². The summed E-state index contributed by atoms with van der Waals surface area (Å²) in [5.74, 6) is 0.